The summed E-state index contributed by atoms with van der Waals surface area (Å²) < 4.78 is 15.3. The molecule has 0 saturated heterocycles. The highest BCUT2D eigenvalue weighted by Gasteiger charge is 1.95. The Hall–Kier alpha value is -0.690. The summed E-state index contributed by atoms with van der Waals surface area (Å²) >= 11 is 0. The number of carbonyl (C=O) groups is 1. The molecule has 0 fully saturated rings. The van der Waals surface area contributed by atoms with Gasteiger partial charge < -0.3 is 24.6 Å². The molecule has 2 N–H and O–H groups in total. The van der Waals surface area contributed by atoms with E-state index in [1.54, 1.807) is 0 Å². The van der Waals surface area contributed by atoms with Crippen LogP contribution in [0.1, 0.15) is 13.3 Å². The Morgan fingerprint density at radius 2 is 1.59 bits per heavy atom. The molecule has 6 heteroatoms. The van der Waals surface area contributed by atoms with Crippen LogP contribution in [-0.2, 0) is 19.0 Å². The number of rotatable bonds is 13. The first-order chi connectivity index (χ1) is 8.27. The van der Waals surface area contributed by atoms with E-state index in [9.17, 15) is 4.79 Å². The lowest BCUT2D eigenvalue weighted by molar-refractivity contribution is -0.142. The Balaban J connectivity index is 2.91. The highest BCUT2D eigenvalue weighted by atomic mass is 16.5. The van der Waals surface area contributed by atoms with Crippen LogP contribution < -0.4 is 5.32 Å². The van der Waals surface area contributed by atoms with Crippen molar-refractivity contribution in [2.24, 2.45) is 0 Å². The molecule has 0 aromatic heterocycles. The van der Waals surface area contributed by atoms with E-state index in [2.05, 4.69) is 12.2 Å². The molecule has 0 atom stereocenters. The monoisotopic (exact) mass is 249 g/mol. The third-order valence-corrected chi connectivity index (χ3v) is 1.82. The molecular weight excluding hydrogens is 226 g/mol. The molecule has 0 aliphatic rings. The molecule has 0 bridgehead atoms. The van der Waals surface area contributed by atoms with E-state index in [-0.39, 0.29) is 6.61 Å². The van der Waals surface area contributed by atoms with Crippen molar-refractivity contribution >= 4 is 5.97 Å². The Morgan fingerprint density at radius 3 is 2.18 bits per heavy atom. The molecular formula is C11H23NO5. The predicted molar refractivity (Wildman–Crippen MR) is 63.3 cm³/mol. The van der Waals surface area contributed by atoms with Gasteiger partial charge in [-0.25, -0.2) is 4.79 Å². The first-order valence-corrected chi connectivity index (χ1v) is 5.93. The second-order valence-electron chi connectivity index (χ2n) is 3.42. The third kappa shape index (κ3) is 15.3. The molecule has 0 heterocycles. The quantitative estimate of drug-likeness (QED) is 0.451. The van der Waals surface area contributed by atoms with Crippen molar-refractivity contribution in [3.63, 3.8) is 0 Å². The molecule has 0 aliphatic heterocycles. The molecule has 0 amide bonds. The average molecular weight is 249 g/mol. The highest BCUT2D eigenvalue weighted by Crippen LogP contribution is 1.81. The topological polar surface area (TPSA) is 77.0 Å². The van der Waals surface area contributed by atoms with Crippen molar-refractivity contribution in [2.45, 2.75) is 13.3 Å². The minimum atomic E-state index is -0.965. The SMILES string of the molecule is CCCNCCOCCOCCOCC(=O)O. The van der Waals surface area contributed by atoms with Crippen LogP contribution in [-0.4, -0.2) is 63.8 Å². The molecule has 0 rings (SSSR count). The first kappa shape index (κ1) is 16.3. The highest BCUT2D eigenvalue weighted by molar-refractivity contribution is 5.67. The number of ether oxygens (including phenoxy) is 3. The van der Waals surface area contributed by atoms with Crippen LogP contribution in [0, 0.1) is 0 Å². The van der Waals surface area contributed by atoms with Gasteiger partial charge in [0.1, 0.15) is 6.61 Å². The number of hydrogen-bond donors (Lipinski definition) is 2. The van der Waals surface area contributed by atoms with Gasteiger partial charge in [0, 0.05) is 6.54 Å². The lowest BCUT2D eigenvalue weighted by Gasteiger charge is -2.06. The van der Waals surface area contributed by atoms with Gasteiger partial charge in [0.05, 0.1) is 33.0 Å². The maximum atomic E-state index is 10.1. The maximum Gasteiger partial charge on any atom is 0.329 e. The van der Waals surface area contributed by atoms with Crippen LogP contribution in [0.4, 0.5) is 0 Å². The van der Waals surface area contributed by atoms with Crippen LogP contribution >= 0.6 is 0 Å². The van der Waals surface area contributed by atoms with Crippen LogP contribution in [0.15, 0.2) is 0 Å². The first-order valence-electron chi connectivity index (χ1n) is 5.93. The molecule has 0 saturated carbocycles. The summed E-state index contributed by atoms with van der Waals surface area (Å²) in [5, 5.41) is 11.5. The summed E-state index contributed by atoms with van der Waals surface area (Å²) in [6, 6.07) is 0. The van der Waals surface area contributed by atoms with E-state index < -0.39 is 5.97 Å². The van der Waals surface area contributed by atoms with Crippen LogP contribution in [0.25, 0.3) is 0 Å². The fourth-order valence-electron chi connectivity index (χ4n) is 1.05. The van der Waals surface area contributed by atoms with E-state index in [0.717, 1.165) is 19.5 Å². The summed E-state index contributed by atoms with van der Waals surface area (Å²) in [4.78, 5) is 10.1. The summed E-state index contributed by atoms with van der Waals surface area (Å²) in [6.45, 7) is 6.14. The molecule has 102 valence electrons. The lowest BCUT2D eigenvalue weighted by atomic mass is 10.5. The van der Waals surface area contributed by atoms with Crippen molar-refractivity contribution in [1.29, 1.82) is 0 Å². The van der Waals surface area contributed by atoms with Gasteiger partial charge in [0.2, 0.25) is 0 Å². The molecule has 0 aliphatic carbocycles. The fraction of sp³-hybridized carbons (Fsp3) is 0.909. The van der Waals surface area contributed by atoms with E-state index in [4.69, 9.17) is 19.3 Å². The molecule has 0 unspecified atom stereocenters. The van der Waals surface area contributed by atoms with Gasteiger partial charge in [-0.05, 0) is 13.0 Å². The molecule has 0 radical (unpaired) electrons. The van der Waals surface area contributed by atoms with Gasteiger partial charge in [0.15, 0.2) is 0 Å². The van der Waals surface area contributed by atoms with E-state index in [1.807, 2.05) is 0 Å². The smallest absolute Gasteiger partial charge is 0.329 e. The maximum absolute atomic E-state index is 10.1. The van der Waals surface area contributed by atoms with Gasteiger partial charge in [-0.3, -0.25) is 0 Å². The molecule has 17 heavy (non-hydrogen) atoms. The van der Waals surface area contributed by atoms with Crippen molar-refractivity contribution in [3.05, 3.63) is 0 Å². The van der Waals surface area contributed by atoms with Crippen LogP contribution in [0.5, 0.6) is 0 Å². The average Bonchev–Trinajstić information content (AvgIpc) is 2.30. The zero-order valence-electron chi connectivity index (χ0n) is 10.4. The summed E-state index contributed by atoms with van der Waals surface area (Å²) in [6.07, 6.45) is 1.12. The third-order valence-electron chi connectivity index (χ3n) is 1.82. The molecule has 6 nitrogen and oxygen atoms in total. The van der Waals surface area contributed by atoms with Gasteiger partial charge in [-0.1, -0.05) is 6.92 Å². The number of carboxylic acid groups (broad SMARTS) is 1. The number of aliphatic carboxylic acids is 1. The normalized spacial score (nSPS) is 10.6. The van der Waals surface area contributed by atoms with Crippen LogP contribution in [0.3, 0.4) is 0 Å². The van der Waals surface area contributed by atoms with Crippen molar-refractivity contribution < 1.29 is 24.1 Å². The Kier molecular flexibility index (Phi) is 12.8. The number of hydrogen-bond acceptors (Lipinski definition) is 5. The molecule has 0 aromatic rings. The van der Waals surface area contributed by atoms with Crippen molar-refractivity contribution in [2.75, 3.05) is 52.7 Å². The zero-order chi connectivity index (χ0) is 12.8. The minimum Gasteiger partial charge on any atom is -0.480 e. The standard InChI is InChI=1S/C11H23NO5/c1-2-3-12-4-5-15-6-7-16-8-9-17-10-11(13)14/h12H,2-10H2,1H3,(H,13,14). The second-order valence-corrected chi connectivity index (χ2v) is 3.42. The predicted octanol–water partition coefficient (Wildman–Crippen LogP) is 0.120. The van der Waals surface area contributed by atoms with Gasteiger partial charge in [-0.2, -0.15) is 0 Å². The van der Waals surface area contributed by atoms with E-state index in [0.29, 0.717) is 33.0 Å². The largest absolute Gasteiger partial charge is 0.480 e. The number of nitrogens with one attached hydrogen (secondary N) is 1. The summed E-state index contributed by atoms with van der Waals surface area (Å²) in [7, 11) is 0. The van der Waals surface area contributed by atoms with Gasteiger partial charge in [0.25, 0.3) is 0 Å². The Bertz CT molecular complexity index is 177. The Morgan fingerprint density at radius 1 is 1.00 bits per heavy atom. The van der Waals surface area contributed by atoms with Crippen LogP contribution in [0.2, 0.25) is 0 Å². The van der Waals surface area contributed by atoms with E-state index in [1.165, 1.54) is 0 Å². The fourth-order valence-corrected chi connectivity index (χ4v) is 1.05. The van der Waals surface area contributed by atoms with Gasteiger partial charge in [-0.15, -0.1) is 0 Å². The molecule has 0 spiro atoms. The van der Waals surface area contributed by atoms with Gasteiger partial charge >= 0.3 is 5.97 Å². The lowest BCUT2D eigenvalue weighted by Crippen LogP contribution is -2.21. The zero-order valence-corrected chi connectivity index (χ0v) is 10.4. The number of carboxylic acids is 1. The minimum absolute atomic E-state index is 0.275. The molecule has 0 aromatic carbocycles. The van der Waals surface area contributed by atoms with Crippen molar-refractivity contribution in [1.82, 2.24) is 5.32 Å². The Labute approximate surface area is 102 Å². The second kappa shape index (κ2) is 13.4. The van der Waals surface area contributed by atoms with Crippen molar-refractivity contribution in [3.8, 4) is 0 Å². The summed E-state index contributed by atoms with van der Waals surface area (Å²) in [5.74, 6) is -0.965. The summed E-state index contributed by atoms with van der Waals surface area (Å²) in [5.41, 5.74) is 0. The van der Waals surface area contributed by atoms with E-state index >= 15 is 0 Å².